The van der Waals surface area contributed by atoms with Gasteiger partial charge in [0.1, 0.15) is 5.51 Å². The topological polar surface area (TPSA) is 102 Å². The molecule has 2 aromatic rings. The smallest absolute Gasteiger partial charge is 0.483 e. The predicted molar refractivity (Wildman–Crippen MR) is 99.4 cm³/mol. The largest absolute Gasteiger partial charge is 0.568 e. The molecule has 0 N–H and O–H groups in total. The Morgan fingerprint density at radius 3 is 2.54 bits per heavy atom. The molecule has 3 rings (SSSR count). The fourth-order valence-corrected chi connectivity index (χ4v) is 3.81. The average Bonchev–Trinajstić information content (AvgIpc) is 3.15. The van der Waals surface area contributed by atoms with Crippen LogP contribution in [0.2, 0.25) is 0 Å². The van der Waals surface area contributed by atoms with E-state index in [1.807, 2.05) is 25.7 Å². The van der Waals surface area contributed by atoms with Gasteiger partial charge in [0.05, 0.1) is 5.69 Å². The van der Waals surface area contributed by atoms with E-state index >= 15 is 0 Å². The summed E-state index contributed by atoms with van der Waals surface area (Å²) >= 11 is 1.07. The van der Waals surface area contributed by atoms with Gasteiger partial charge in [-0.05, 0) is 18.6 Å². The summed E-state index contributed by atoms with van der Waals surface area (Å²) in [5.74, 6) is 0. The van der Waals surface area contributed by atoms with Gasteiger partial charge in [0.25, 0.3) is 5.13 Å². The molecule has 28 heavy (non-hydrogen) atoms. The monoisotopic (exact) mass is 433 g/mol. The summed E-state index contributed by atoms with van der Waals surface area (Å²) < 4.78 is 64.6. The number of halogens is 3. The van der Waals surface area contributed by atoms with Gasteiger partial charge in [-0.2, -0.15) is 13.2 Å². The first kappa shape index (κ1) is 20.5. The molecular weight excluding hydrogens is 417 g/mol. The Balaban J connectivity index is 2.15. The molecule has 0 saturated heterocycles. The second-order valence-corrected chi connectivity index (χ2v) is 9.21. The lowest BCUT2D eigenvalue weighted by atomic mass is 9.81. The van der Waals surface area contributed by atoms with Gasteiger partial charge < -0.3 is 9.62 Å². The lowest BCUT2D eigenvalue weighted by molar-refractivity contribution is -0.0425. The Bertz CT molecular complexity index is 1020. The minimum absolute atomic E-state index is 0.0184. The van der Waals surface area contributed by atoms with E-state index in [2.05, 4.69) is 25.1 Å². The van der Waals surface area contributed by atoms with Crippen LogP contribution in [-0.4, -0.2) is 37.2 Å². The third kappa shape index (κ3) is 3.43. The fourth-order valence-electron chi connectivity index (χ4n) is 2.93. The second kappa shape index (κ2) is 6.65. The van der Waals surface area contributed by atoms with E-state index in [9.17, 15) is 21.6 Å². The van der Waals surface area contributed by atoms with Gasteiger partial charge in [0.2, 0.25) is 0 Å². The molecule has 8 nitrogen and oxygen atoms in total. The van der Waals surface area contributed by atoms with Crippen molar-refractivity contribution in [2.24, 2.45) is 10.2 Å². The van der Waals surface area contributed by atoms with Crippen molar-refractivity contribution in [3.63, 3.8) is 0 Å². The number of sulfonamides is 1. The number of rotatable bonds is 4. The first-order chi connectivity index (χ1) is 12.8. The van der Waals surface area contributed by atoms with Crippen LogP contribution in [0.4, 0.5) is 35.4 Å². The Morgan fingerprint density at radius 1 is 1.29 bits per heavy atom. The van der Waals surface area contributed by atoms with Crippen molar-refractivity contribution in [1.29, 1.82) is 0 Å². The summed E-state index contributed by atoms with van der Waals surface area (Å²) in [5.41, 5.74) is -3.61. The van der Waals surface area contributed by atoms with Crippen molar-refractivity contribution < 1.29 is 21.6 Å². The summed E-state index contributed by atoms with van der Waals surface area (Å²) in [4.78, 5) is 1.86. The number of alkyl halides is 3. The normalized spacial score (nSPS) is 19.2. The number of aromatic nitrogens is 2. The molecule has 1 aliphatic rings. The van der Waals surface area contributed by atoms with Crippen molar-refractivity contribution in [3.05, 3.63) is 27.9 Å². The molecule has 2 heterocycles. The van der Waals surface area contributed by atoms with Crippen LogP contribution in [0, 0.1) is 0 Å². The molecule has 0 amide bonds. The lowest BCUT2D eigenvalue weighted by Crippen LogP contribution is -2.36. The van der Waals surface area contributed by atoms with E-state index in [1.54, 1.807) is 7.05 Å². The van der Waals surface area contributed by atoms with Crippen molar-refractivity contribution in [2.45, 2.75) is 37.7 Å². The van der Waals surface area contributed by atoms with E-state index in [0.29, 0.717) is 5.69 Å². The molecule has 1 aromatic heterocycles. The van der Waals surface area contributed by atoms with Gasteiger partial charge in [0.15, 0.2) is 10.0 Å². The van der Waals surface area contributed by atoms with E-state index in [-0.39, 0.29) is 22.3 Å². The van der Waals surface area contributed by atoms with Crippen LogP contribution in [-0.2, 0) is 15.4 Å². The molecule has 13 heteroatoms. The summed E-state index contributed by atoms with van der Waals surface area (Å²) in [7, 11) is -3.96. The van der Waals surface area contributed by atoms with E-state index in [0.717, 1.165) is 16.9 Å². The molecule has 0 fully saturated rings. The Kier molecular flexibility index (Phi) is 4.86. The van der Waals surface area contributed by atoms with Crippen molar-refractivity contribution in [3.8, 4) is 0 Å². The fraction of sp³-hybridized carbons (Fsp3) is 0.467. The molecule has 152 valence electrons. The predicted octanol–water partition coefficient (Wildman–Crippen LogP) is 4.92. The van der Waals surface area contributed by atoms with Crippen molar-refractivity contribution in [2.75, 3.05) is 11.9 Å². The van der Waals surface area contributed by atoms with Gasteiger partial charge in [-0.3, -0.25) is 0 Å². The summed E-state index contributed by atoms with van der Waals surface area (Å²) in [6, 6.07) is 2.83. The van der Waals surface area contributed by atoms with Crippen molar-refractivity contribution >= 4 is 43.6 Å². The summed E-state index contributed by atoms with van der Waals surface area (Å²) in [6.07, 6.45) is 0. The number of anilines is 1. The quantitative estimate of drug-likeness (QED) is 0.637. The highest BCUT2D eigenvalue weighted by Gasteiger charge is 2.42. The third-order valence-corrected chi connectivity index (χ3v) is 6.49. The molecule has 1 unspecified atom stereocenters. The van der Waals surface area contributed by atoms with Gasteiger partial charge in [-0.25, -0.2) is 8.42 Å². The standard InChI is InChI=1S/C15H16F3N6O2S2/c1-8-14(2,3)9-5-10(20-22-13-21-19-7-27-13)11(6-12(9)24(8)4)23-28(25,26)15(16,17)18/h5-8H,1-4H3/q-1. The third-order valence-electron chi connectivity index (χ3n) is 4.90. The minimum atomic E-state index is -5.74. The zero-order valence-electron chi connectivity index (χ0n) is 15.3. The van der Waals surface area contributed by atoms with E-state index in [1.165, 1.54) is 17.6 Å². The second-order valence-electron chi connectivity index (χ2n) is 6.80. The maximum atomic E-state index is 12.8. The zero-order valence-corrected chi connectivity index (χ0v) is 16.9. The maximum absolute atomic E-state index is 12.8. The lowest BCUT2D eigenvalue weighted by Gasteiger charge is -2.28. The van der Waals surface area contributed by atoms with Crippen LogP contribution in [0.15, 0.2) is 27.9 Å². The van der Waals surface area contributed by atoms with Gasteiger partial charge in [0, 0.05) is 24.2 Å². The molecule has 1 aromatic carbocycles. The first-order valence-electron chi connectivity index (χ1n) is 7.98. The highest BCUT2D eigenvalue weighted by atomic mass is 32.2. The maximum Gasteiger partial charge on any atom is 0.483 e. The number of benzene rings is 1. The first-order valence-corrected chi connectivity index (χ1v) is 10.3. The molecule has 0 radical (unpaired) electrons. The van der Waals surface area contributed by atoms with Gasteiger partial charge >= 0.3 is 5.51 Å². The van der Waals surface area contributed by atoms with Crippen molar-refractivity contribution in [1.82, 2.24) is 10.2 Å². The molecule has 0 saturated carbocycles. The van der Waals surface area contributed by atoms with E-state index < -0.39 is 21.2 Å². The van der Waals surface area contributed by atoms with Crippen LogP contribution < -0.4 is 4.90 Å². The molecule has 0 bridgehead atoms. The molecule has 0 aliphatic carbocycles. The van der Waals surface area contributed by atoms with E-state index in [4.69, 9.17) is 0 Å². The van der Waals surface area contributed by atoms with Gasteiger partial charge in [-0.1, -0.05) is 36.9 Å². The number of azo groups is 1. The molecule has 1 atom stereocenters. The summed E-state index contributed by atoms with van der Waals surface area (Å²) in [5, 5.41) is 15.2. The van der Waals surface area contributed by atoms with Crippen LogP contribution in [0.5, 0.6) is 0 Å². The highest BCUT2D eigenvalue weighted by Crippen LogP contribution is 2.51. The SMILES string of the molecule is CC1N(C)c2cc([N-]S(=O)(=O)C(F)(F)F)c(N=Nc3nncs3)cc2C1(C)C. The van der Waals surface area contributed by atoms with Crippen LogP contribution in [0.3, 0.4) is 0 Å². The Labute approximate surface area is 163 Å². The Morgan fingerprint density at radius 2 is 1.96 bits per heavy atom. The number of fused-ring (bicyclic) bond motifs is 1. The number of hydrogen-bond acceptors (Lipinski definition) is 8. The Hall–Kier alpha value is -2.28. The molecular formula is C15H16F3N6O2S2-. The van der Waals surface area contributed by atoms with Crippen LogP contribution in [0.1, 0.15) is 26.3 Å². The van der Waals surface area contributed by atoms with Crippen LogP contribution >= 0.6 is 11.3 Å². The number of nitrogens with zero attached hydrogens (tertiary/aromatic N) is 6. The molecule has 1 aliphatic heterocycles. The van der Waals surface area contributed by atoms with Crippen LogP contribution in [0.25, 0.3) is 4.72 Å². The number of hydrogen-bond donors (Lipinski definition) is 0. The highest BCUT2D eigenvalue weighted by molar-refractivity contribution is 7.95. The minimum Gasteiger partial charge on any atom is -0.568 e. The zero-order chi connectivity index (χ0) is 20.9. The van der Waals surface area contributed by atoms with Gasteiger partial charge in [-0.15, -0.1) is 20.4 Å². The average molecular weight is 433 g/mol. The number of likely N-dealkylation sites (N-methyl/N-ethyl adjacent to an activating group) is 1. The summed E-state index contributed by atoms with van der Waals surface area (Å²) in [6.45, 7) is 5.93. The molecule has 0 spiro atoms.